The van der Waals surface area contributed by atoms with Crippen molar-refractivity contribution in [2.24, 2.45) is 0 Å². The van der Waals surface area contributed by atoms with E-state index in [4.69, 9.17) is 9.47 Å². The van der Waals surface area contributed by atoms with Gasteiger partial charge >= 0.3 is 11.9 Å². The zero-order valence-electron chi connectivity index (χ0n) is 41.0. The highest BCUT2D eigenvalue weighted by Crippen LogP contribution is 2.14. The van der Waals surface area contributed by atoms with Crippen LogP contribution >= 0.6 is 0 Å². The average molecular weight is 883 g/mol. The van der Waals surface area contributed by atoms with Crippen LogP contribution in [0.3, 0.4) is 0 Å². The first kappa shape index (κ1) is 60.0. The number of aliphatic hydroxyl groups is 1. The van der Waals surface area contributed by atoms with Crippen LogP contribution in [0.1, 0.15) is 206 Å². The number of carbonyl (C=O) groups excluding carboxylic acids is 2. The number of aliphatic hydroxyl groups excluding tert-OH is 1. The molecule has 0 amide bonds. The third-order valence-corrected chi connectivity index (χ3v) is 10.4. The van der Waals surface area contributed by atoms with Crippen molar-refractivity contribution >= 4 is 11.9 Å². The number of rotatable bonds is 45. The highest BCUT2D eigenvalue weighted by atomic mass is 16.6. The number of esters is 2. The van der Waals surface area contributed by atoms with Crippen LogP contribution in [0.25, 0.3) is 0 Å². The monoisotopic (exact) mass is 883 g/mol. The van der Waals surface area contributed by atoms with Gasteiger partial charge in [0.05, 0.1) is 6.61 Å². The lowest BCUT2D eigenvalue weighted by molar-refractivity contribution is -0.161. The molecule has 0 aromatic heterocycles. The van der Waals surface area contributed by atoms with Crippen molar-refractivity contribution in [2.75, 3.05) is 13.2 Å². The van der Waals surface area contributed by atoms with Crippen molar-refractivity contribution in [3.8, 4) is 0 Å². The fourth-order valence-electron chi connectivity index (χ4n) is 6.64. The second kappa shape index (κ2) is 53.4. The van der Waals surface area contributed by atoms with Gasteiger partial charge in [0.2, 0.25) is 0 Å². The summed E-state index contributed by atoms with van der Waals surface area (Å²) in [6.07, 6.45) is 79.7. The maximum Gasteiger partial charge on any atom is 0.306 e. The van der Waals surface area contributed by atoms with Crippen molar-refractivity contribution in [3.05, 3.63) is 134 Å². The van der Waals surface area contributed by atoms with Crippen molar-refractivity contribution in [1.82, 2.24) is 0 Å². The fourth-order valence-corrected chi connectivity index (χ4v) is 6.64. The smallest absolute Gasteiger partial charge is 0.306 e. The van der Waals surface area contributed by atoms with E-state index in [1.165, 1.54) is 57.8 Å². The molecule has 5 nitrogen and oxygen atoms in total. The summed E-state index contributed by atoms with van der Waals surface area (Å²) < 4.78 is 10.7. The van der Waals surface area contributed by atoms with Crippen LogP contribution in [0.2, 0.25) is 0 Å². The Morgan fingerprint density at radius 3 is 0.938 bits per heavy atom. The van der Waals surface area contributed by atoms with E-state index in [1.54, 1.807) is 0 Å². The number of ether oxygens (including phenoxy) is 2. The molecule has 360 valence electrons. The molecule has 1 N–H and O–H groups in total. The first-order chi connectivity index (χ1) is 31.6. The van der Waals surface area contributed by atoms with Crippen molar-refractivity contribution in [2.45, 2.75) is 213 Å². The molecular weight excluding hydrogens is 789 g/mol. The van der Waals surface area contributed by atoms with E-state index < -0.39 is 6.10 Å². The Balaban J connectivity index is 3.61. The van der Waals surface area contributed by atoms with Gasteiger partial charge in [-0.05, 0) is 109 Å². The molecular formula is C59H94O5. The minimum absolute atomic E-state index is 0.0869. The summed E-state index contributed by atoms with van der Waals surface area (Å²) in [4.78, 5) is 24.5. The molecule has 1 unspecified atom stereocenters. The second-order valence-electron chi connectivity index (χ2n) is 16.5. The van der Waals surface area contributed by atoms with Gasteiger partial charge in [-0.15, -0.1) is 0 Å². The predicted octanol–water partition coefficient (Wildman–Crippen LogP) is 17.3. The van der Waals surface area contributed by atoms with Crippen molar-refractivity contribution < 1.29 is 24.2 Å². The van der Waals surface area contributed by atoms with Gasteiger partial charge in [-0.2, -0.15) is 0 Å². The van der Waals surface area contributed by atoms with Crippen LogP contribution < -0.4 is 0 Å². The third kappa shape index (κ3) is 50.7. The molecule has 64 heavy (non-hydrogen) atoms. The van der Waals surface area contributed by atoms with Crippen LogP contribution in [-0.4, -0.2) is 36.4 Å². The van der Waals surface area contributed by atoms with Crippen molar-refractivity contribution in [3.63, 3.8) is 0 Å². The van der Waals surface area contributed by atoms with Gasteiger partial charge in [0, 0.05) is 12.8 Å². The van der Waals surface area contributed by atoms with E-state index in [9.17, 15) is 14.7 Å². The Bertz CT molecular complexity index is 1370. The van der Waals surface area contributed by atoms with Gasteiger partial charge in [-0.1, -0.05) is 218 Å². The number of hydrogen-bond acceptors (Lipinski definition) is 5. The number of unbranched alkanes of at least 4 members (excludes halogenated alkanes) is 15. The molecule has 0 rings (SSSR count). The molecule has 0 aliphatic carbocycles. The summed E-state index contributed by atoms with van der Waals surface area (Å²) in [5, 5.41) is 9.63. The molecule has 0 heterocycles. The lowest BCUT2D eigenvalue weighted by Crippen LogP contribution is -2.28. The van der Waals surface area contributed by atoms with Gasteiger partial charge in [0.25, 0.3) is 0 Å². The van der Waals surface area contributed by atoms with Crippen molar-refractivity contribution in [1.29, 1.82) is 0 Å². The third-order valence-electron chi connectivity index (χ3n) is 10.4. The zero-order valence-corrected chi connectivity index (χ0v) is 41.0. The number of carbonyl (C=O) groups is 2. The summed E-state index contributed by atoms with van der Waals surface area (Å²) >= 11 is 0. The Morgan fingerprint density at radius 1 is 0.359 bits per heavy atom. The Kier molecular flexibility index (Phi) is 50.1. The average Bonchev–Trinajstić information content (AvgIpc) is 3.30. The molecule has 0 radical (unpaired) electrons. The maximum absolute atomic E-state index is 12.3. The molecule has 0 saturated heterocycles. The lowest BCUT2D eigenvalue weighted by Gasteiger charge is -2.15. The van der Waals surface area contributed by atoms with Gasteiger partial charge in [0.1, 0.15) is 6.61 Å². The second-order valence-corrected chi connectivity index (χ2v) is 16.5. The Labute approximate surface area is 394 Å². The van der Waals surface area contributed by atoms with Gasteiger partial charge in [-0.25, -0.2) is 0 Å². The van der Waals surface area contributed by atoms with E-state index in [1.807, 2.05) is 0 Å². The Morgan fingerprint density at radius 2 is 0.625 bits per heavy atom. The first-order valence-corrected chi connectivity index (χ1v) is 25.7. The fraction of sp³-hybridized carbons (Fsp3) is 0.593. The molecule has 1 atom stereocenters. The van der Waals surface area contributed by atoms with Gasteiger partial charge in [-0.3, -0.25) is 9.59 Å². The highest BCUT2D eigenvalue weighted by molar-refractivity contribution is 5.70. The van der Waals surface area contributed by atoms with Gasteiger partial charge in [0.15, 0.2) is 6.10 Å². The zero-order chi connectivity index (χ0) is 46.3. The molecule has 0 fully saturated rings. The van der Waals surface area contributed by atoms with E-state index >= 15 is 0 Å². The SMILES string of the molecule is CC/C=C\C/C=C\C/C=C\C/C=C\C/C=C\C/C=C\CCCCCCC(=O)OC(CO)COC(=O)CCCCCCCCCCCCC/C=C\C/C=C\C/C=C\C/C=C\C/C=C\CC. The minimum Gasteiger partial charge on any atom is -0.462 e. The summed E-state index contributed by atoms with van der Waals surface area (Å²) in [5.41, 5.74) is 0. The summed E-state index contributed by atoms with van der Waals surface area (Å²) in [6, 6.07) is 0. The van der Waals surface area contributed by atoms with Crippen LogP contribution in [0.5, 0.6) is 0 Å². The van der Waals surface area contributed by atoms with E-state index in [-0.39, 0.29) is 25.2 Å². The quantitative estimate of drug-likeness (QED) is 0.0375. The van der Waals surface area contributed by atoms with E-state index in [2.05, 4.69) is 148 Å². The minimum atomic E-state index is -0.798. The molecule has 0 aliphatic rings. The standard InChI is InChI=1S/C59H94O5/c1-3-5-7-9-11-13-15-17-19-21-23-25-27-28-29-30-32-33-35-37-39-41-43-45-47-49-51-53-58(61)63-56-57(55-60)64-59(62)54-52-50-48-46-44-42-40-38-36-34-31-26-24-22-20-18-16-14-12-10-8-6-4-2/h5-8,11-14,17-20,23-26,28-29,34,36,40,42,57,60H,3-4,9-10,15-16,21-22,27,30-33,35,37-39,41,43-56H2,1-2H3/b7-5-,8-6-,13-11-,14-12-,19-17-,20-18-,25-23-,26-24-,29-28-,36-34-,42-40-. The normalized spacial score (nSPS) is 13.4. The summed E-state index contributed by atoms with van der Waals surface area (Å²) in [6.45, 7) is 3.88. The van der Waals surface area contributed by atoms with Crippen LogP contribution in [-0.2, 0) is 19.1 Å². The molecule has 0 bridgehead atoms. The van der Waals surface area contributed by atoms with E-state index in [0.29, 0.717) is 12.8 Å². The maximum atomic E-state index is 12.3. The molecule has 0 spiro atoms. The van der Waals surface area contributed by atoms with Crippen LogP contribution in [0, 0.1) is 0 Å². The summed E-state index contributed by atoms with van der Waals surface area (Å²) in [5.74, 6) is -0.632. The molecule has 0 saturated carbocycles. The predicted molar refractivity (Wildman–Crippen MR) is 278 cm³/mol. The molecule has 5 heteroatoms. The van der Waals surface area contributed by atoms with Crippen LogP contribution in [0.15, 0.2) is 134 Å². The largest absolute Gasteiger partial charge is 0.462 e. The molecule has 0 aliphatic heterocycles. The highest BCUT2D eigenvalue weighted by Gasteiger charge is 2.16. The summed E-state index contributed by atoms with van der Waals surface area (Å²) in [7, 11) is 0. The topological polar surface area (TPSA) is 72.8 Å². The number of allylic oxidation sites excluding steroid dienone is 22. The number of hydrogen-bond donors (Lipinski definition) is 1. The lowest BCUT2D eigenvalue weighted by atomic mass is 10.0. The Hall–Kier alpha value is -3.96. The first-order valence-electron chi connectivity index (χ1n) is 25.7. The van der Waals surface area contributed by atoms with E-state index in [0.717, 1.165) is 122 Å². The van der Waals surface area contributed by atoms with Crippen LogP contribution in [0.4, 0.5) is 0 Å². The van der Waals surface area contributed by atoms with Gasteiger partial charge < -0.3 is 14.6 Å². The molecule has 0 aromatic rings. The molecule has 0 aromatic carbocycles.